The van der Waals surface area contributed by atoms with Crippen LogP contribution in [0.25, 0.3) is 11.0 Å². The first-order chi connectivity index (χ1) is 12.7. The predicted molar refractivity (Wildman–Crippen MR) is 97.5 cm³/mol. The second-order valence-electron chi connectivity index (χ2n) is 6.15. The Morgan fingerprint density at radius 1 is 1.15 bits per heavy atom. The minimum Gasteiger partial charge on any atom is -0.345 e. The van der Waals surface area contributed by atoms with Gasteiger partial charge in [0.15, 0.2) is 0 Å². The van der Waals surface area contributed by atoms with Crippen molar-refractivity contribution in [2.45, 2.75) is 19.5 Å². The Morgan fingerprint density at radius 2 is 2.00 bits per heavy atom. The van der Waals surface area contributed by atoms with Crippen molar-refractivity contribution < 1.29 is 4.79 Å². The molecular formula is C19H18N6O. The molecule has 0 saturated heterocycles. The fourth-order valence-electron chi connectivity index (χ4n) is 2.87. The number of nitrogens with zero attached hydrogens (tertiary/aromatic N) is 4. The Hall–Kier alpha value is -3.48. The van der Waals surface area contributed by atoms with Crippen molar-refractivity contribution in [1.82, 2.24) is 30.5 Å². The van der Waals surface area contributed by atoms with Crippen molar-refractivity contribution in [3.63, 3.8) is 0 Å². The lowest BCUT2D eigenvalue weighted by molar-refractivity contribution is 0.0941. The van der Waals surface area contributed by atoms with Gasteiger partial charge in [-0.1, -0.05) is 36.4 Å². The summed E-state index contributed by atoms with van der Waals surface area (Å²) >= 11 is 0. The SMILES string of the molecule is CC(NC(=O)c1cccc2n[nH]nc12)c1cnn(Cc2ccccc2)c1. The van der Waals surface area contributed by atoms with Crippen LogP contribution in [0.15, 0.2) is 60.9 Å². The summed E-state index contributed by atoms with van der Waals surface area (Å²) in [5.74, 6) is -0.187. The zero-order valence-electron chi connectivity index (χ0n) is 14.3. The molecule has 0 bridgehead atoms. The van der Waals surface area contributed by atoms with E-state index in [4.69, 9.17) is 0 Å². The average molecular weight is 346 g/mol. The molecule has 2 N–H and O–H groups in total. The lowest BCUT2D eigenvalue weighted by atomic mass is 10.1. The van der Waals surface area contributed by atoms with Gasteiger partial charge in [-0.15, -0.1) is 0 Å². The number of hydrogen-bond donors (Lipinski definition) is 2. The maximum absolute atomic E-state index is 12.6. The Kier molecular flexibility index (Phi) is 4.18. The van der Waals surface area contributed by atoms with Gasteiger partial charge in [-0.05, 0) is 24.6 Å². The van der Waals surface area contributed by atoms with E-state index in [1.807, 2.05) is 42.1 Å². The Labute approximate surface area is 150 Å². The summed E-state index contributed by atoms with van der Waals surface area (Å²) in [7, 11) is 0. The van der Waals surface area contributed by atoms with Gasteiger partial charge in [-0.25, -0.2) is 0 Å². The molecule has 4 rings (SSSR count). The van der Waals surface area contributed by atoms with Crippen LogP contribution in [0.5, 0.6) is 0 Å². The number of carbonyl (C=O) groups excluding carboxylic acids is 1. The second kappa shape index (κ2) is 6.79. The van der Waals surface area contributed by atoms with Gasteiger partial charge in [-0.3, -0.25) is 9.48 Å². The average Bonchev–Trinajstić information content (AvgIpc) is 3.31. The molecule has 0 fully saturated rings. The summed E-state index contributed by atoms with van der Waals surface area (Å²) < 4.78 is 1.87. The number of benzene rings is 2. The Morgan fingerprint density at radius 3 is 2.85 bits per heavy atom. The molecule has 7 heteroatoms. The minimum atomic E-state index is -0.187. The maximum atomic E-state index is 12.6. The summed E-state index contributed by atoms with van der Waals surface area (Å²) in [4.78, 5) is 12.6. The maximum Gasteiger partial charge on any atom is 0.254 e. The lowest BCUT2D eigenvalue weighted by Gasteiger charge is -2.12. The molecule has 2 aromatic carbocycles. The van der Waals surface area contributed by atoms with Gasteiger partial charge >= 0.3 is 0 Å². The van der Waals surface area contributed by atoms with E-state index in [9.17, 15) is 4.79 Å². The van der Waals surface area contributed by atoms with Crippen molar-refractivity contribution in [3.8, 4) is 0 Å². The highest BCUT2D eigenvalue weighted by Crippen LogP contribution is 2.17. The lowest BCUT2D eigenvalue weighted by Crippen LogP contribution is -2.26. The van der Waals surface area contributed by atoms with Gasteiger partial charge in [0.25, 0.3) is 5.91 Å². The number of aromatic nitrogens is 5. The molecule has 7 nitrogen and oxygen atoms in total. The van der Waals surface area contributed by atoms with E-state index in [0.29, 0.717) is 23.1 Å². The Bertz CT molecular complexity index is 1040. The van der Waals surface area contributed by atoms with Crippen LogP contribution < -0.4 is 5.32 Å². The van der Waals surface area contributed by atoms with Crippen molar-refractivity contribution in [2.24, 2.45) is 0 Å². The third-order valence-electron chi connectivity index (χ3n) is 4.28. The molecule has 0 aliphatic rings. The minimum absolute atomic E-state index is 0.172. The molecule has 26 heavy (non-hydrogen) atoms. The van der Waals surface area contributed by atoms with Crippen molar-refractivity contribution >= 4 is 16.9 Å². The highest BCUT2D eigenvalue weighted by atomic mass is 16.1. The zero-order chi connectivity index (χ0) is 17.9. The number of amides is 1. The summed E-state index contributed by atoms with van der Waals surface area (Å²) in [6.07, 6.45) is 3.74. The first-order valence-corrected chi connectivity index (χ1v) is 8.37. The number of hydrogen-bond acceptors (Lipinski definition) is 4. The number of para-hydroxylation sites is 1. The van der Waals surface area contributed by atoms with Crippen LogP contribution in [0.3, 0.4) is 0 Å². The summed E-state index contributed by atoms with van der Waals surface area (Å²) in [5, 5.41) is 18.0. The normalized spacial score (nSPS) is 12.2. The van der Waals surface area contributed by atoms with E-state index in [1.165, 1.54) is 5.56 Å². The Balaban J connectivity index is 1.47. The smallest absolute Gasteiger partial charge is 0.254 e. The van der Waals surface area contributed by atoms with Gasteiger partial charge < -0.3 is 5.32 Å². The number of carbonyl (C=O) groups is 1. The highest BCUT2D eigenvalue weighted by molar-refractivity contribution is 6.04. The molecule has 1 atom stereocenters. The monoisotopic (exact) mass is 346 g/mol. The van der Waals surface area contributed by atoms with Crippen LogP contribution in [0.2, 0.25) is 0 Å². The van der Waals surface area contributed by atoms with Gasteiger partial charge in [0.1, 0.15) is 11.0 Å². The fraction of sp³-hybridized carbons (Fsp3) is 0.158. The van der Waals surface area contributed by atoms with Gasteiger partial charge in [0, 0.05) is 11.8 Å². The molecule has 2 aromatic heterocycles. The van der Waals surface area contributed by atoms with Crippen LogP contribution in [-0.2, 0) is 6.54 Å². The van der Waals surface area contributed by atoms with Gasteiger partial charge in [0.2, 0.25) is 0 Å². The van der Waals surface area contributed by atoms with Crippen LogP contribution >= 0.6 is 0 Å². The van der Waals surface area contributed by atoms with Crippen LogP contribution in [-0.4, -0.2) is 31.1 Å². The molecule has 130 valence electrons. The standard InChI is InChI=1S/C19H18N6O/c1-13(15-10-20-25(12-15)11-14-6-3-2-4-7-14)21-19(26)16-8-5-9-17-18(16)23-24-22-17/h2-10,12-13H,11H2,1H3,(H,21,26)(H,22,23,24). The molecule has 0 aliphatic carbocycles. The molecule has 0 radical (unpaired) electrons. The quantitative estimate of drug-likeness (QED) is 0.581. The molecule has 1 unspecified atom stereocenters. The largest absolute Gasteiger partial charge is 0.345 e. The first-order valence-electron chi connectivity index (χ1n) is 8.37. The van der Waals surface area contributed by atoms with Crippen LogP contribution in [0.4, 0.5) is 0 Å². The topological polar surface area (TPSA) is 88.5 Å². The number of fused-ring (bicyclic) bond motifs is 1. The predicted octanol–water partition coefficient (Wildman–Crippen LogP) is 2.69. The number of H-pyrrole nitrogens is 1. The van der Waals surface area contributed by atoms with E-state index in [-0.39, 0.29) is 11.9 Å². The van der Waals surface area contributed by atoms with E-state index < -0.39 is 0 Å². The molecule has 2 heterocycles. The zero-order valence-corrected chi connectivity index (χ0v) is 14.3. The van der Waals surface area contributed by atoms with Gasteiger partial charge in [0.05, 0.1) is 24.3 Å². The summed E-state index contributed by atoms with van der Waals surface area (Å²) in [6.45, 7) is 2.63. The molecular weight excluding hydrogens is 328 g/mol. The number of aromatic amines is 1. The number of rotatable bonds is 5. The van der Waals surface area contributed by atoms with Gasteiger partial charge in [-0.2, -0.15) is 20.5 Å². The molecule has 0 saturated carbocycles. The van der Waals surface area contributed by atoms with E-state index >= 15 is 0 Å². The third-order valence-corrected chi connectivity index (χ3v) is 4.28. The van der Waals surface area contributed by atoms with Crippen LogP contribution in [0, 0.1) is 0 Å². The van der Waals surface area contributed by atoms with Crippen molar-refractivity contribution in [2.75, 3.05) is 0 Å². The molecule has 0 spiro atoms. The highest BCUT2D eigenvalue weighted by Gasteiger charge is 2.16. The van der Waals surface area contributed by atoms with E-state index in [0.717, 1.165) is 5.56 Å². The fourth-order valence-corrected chi connectivity index (χ4v) is 2.87. The number of nitrogens with one attached hydrogen (secondary N) is 2. The molecule has 0 aliphatic heterocycles. The first kappa shape index (κ1) is 16.0. The van der Waals surface area contributed by atoms with Crippen molar-refractivity contribution in [3.05, 3.63) is 77.6 Å². The molecule has 1 amide bonds. The van der Waals surface area contributed by atoms with Crippen LogP contribution in [0.1, 0.15) is 34.5 Å². The second-order valence-corrected chi connectivity index (χ2v) is 6.15. The summed E-state index contributed by atoms with van der Waals surface area (Å²) in [5.41, 5.74) is 3.86. The summed E-state index contributed by atoms with van der Waals surface area (Å²) in [6, 6.07) is 15.3. The molecule has 4 aromatic rings. The van der Waals surface area contributed by atoms with E-state index in [1.54, 1.807) is 18.3 Å². The third kappa shape index (κ3) is 3.19. The van der Waals surface area contributed by atoms with Crippen molar-refractivity contribution in [1.29, 1.82) is 0 Å². The van der Waals surface area contributed by atoms with E-state index in [2.05, 4.69) is 38.0 Å².